The van der Waals surface area contributed by atoms with Crippen LogP contribution in [-0.4, -0.2) is 30.6 Å². The number of rotatable bonds is 10. The molecule has 0 saturated heterocycles. The van der Waals surface area contributed by atoms with Gasteiger partial charge < -0.3 is 9.47 Å². The smallest absolute Gasteiger partial charge is 0.323 e. The molecule has 0 amide bonds. The first-order valence-corrected chi connectivity index (χ1v) is 9.27. The van der Waals surface area contributed by atoms with E-state index in [9.17, 15) is 9.59 Å². The normalized spacial score (nSPS) is 12.8. The Morgan fingerprint density at radius 1 is 0.889 bits per heavy atom. The lowest BCUT2D eigenvalue weighted by atomic mass is 10.0. The molecule has 27 heavy (non-hydrogen) atoms. The minimum absolute atomic E-state index is 0.208. The van der Waals surface area contributed by atoms with Crippen molar-refractivity contribution < 1.29 is 19.1 Å². The third-order valence-corrected chi connectivity index (χ3v) is 4.16. The van der Waals surface area contributed by atoms with Gasteiger partial charge in [-0.05, 0) is 37.8 Å². The molecule has 2 rings (SSSR count). The van der Waals surface area contributed by atoms with Gasteiger partial charge in [0.05, 0.1) is 6.61 Å². The van der Waals surface area contributed by atoms with Crippen LogP contribution in [-0.2, 0) is 32.1 Å². The molecule has 0 heterocycles. The first-order valence-electron chi connectivity index (χ1n) is 9.27. The minimum atomic E-state index is -0.612. The molecule has 0 radical (unpaired) electrons. The fourth-order valence-corrected chi connectivity index (χ4v) is 2.69. The fraction of sp³-hybridized carbons (Fsp3) is 0.364. The zero-order chi connectivity index (χ0) is 19.5. The topological polar surface area (TPSA) is 64.6 Å². The highest BCUT2D eigenvalue weighted by Gasteiger charge is 2.25. The summed E-state index contributed by atoms with van der Waals surface area (Å²) in [5.41, 5.74) is 2.05. The quantitative estimate of drug-likeness (QED) is 0.651. The number of esters is 2. The lowest BCUT2D eigenvalue weighted by Crippen LogP contribution is -2.47. The average Bonchev–Trinajstić information content (AvgIpc) is 2.70. The molecular formula is C22H27NO4. The van der Waals surface area contributed by atoms with Crippen LogP contribution in [0.5, 0.6) is 0 Å². The van der Waals surface area contributed by atoms with Crippen molar-refractivity contribution in [3.8, 4) is 0 Å². The number of carbonyl (C=O) groups is 2. The molecule has 0 bridgehead atoms. The van der Waals surface area contributed by atoms with Gasteiger partial charge >= 0.3 is 11.9 Å². The number of aryl methyl sites for hydroxylation is 1. The van der Waals surface area contributed by atoms with Crippen molar-refractivity contribution in [2.24, 2.45) is 0 Å². The van der Waals surface area contributed by atoms with Crippen LogP contribution >= 0.6 is 0 Å². The first-order chi connectivity index (χ1) is 13.1. The molecule has 5 nitrogen and oxygen atoms in total. The van der Waals surface area contributed by atoms with Gasteiger partial charge in [-0.15, -0.1) is 0 Å². The van der Waals surface area contributed by atoms with E-state index in [1.807, 2.05) is 60.7 Å². The van der Waals surface area contributed by atoms with E-state index in [1.54, 1.807) is 13.8 Å². The second kappa shape index (κ2) is 11.1. The van der Waals surface area contributed by atoms with Crippen LogP contribution in [0.25, 0.3) is 0 Å². The number of nitrogens with one attached hydrogen (secondary N) is 1. The largest absolute Gasteiger partial charge is 0.465 e. The fourth-order valence-electron chi connectivity index (χ4n) is 2.69. The summed E-state index contributed by atoms with van der Waals surface area (Å²) >= 11 is 0. The minimum Gasteiger partial charge on any atom is -0.465 e. The molecule has 1 unspecified atom stereocenters. The van der Waals surface area contributed by atoms with Gasteiger partial charge in [-0.1, -0.05) is 60.7 Å². The maximum atomic E-state index is 12.3. The van der Waals surface area contributed by atoms with E-state index >= 15 is 0 Å². The number of hydrogen-bond donors (Lipinski definition) is 1. The number of hydrogen-bond acceptors (Lipinski definition) is 5. The lowest BCUT2D eigenvalue weighted by molar-refractivity contribution is -0.149. The van der Waals surface area contributed by atoms with Gasteiger partial charge in [-0.2, -0.15) is 0 Å². The van der Waals surface area contributed by atoms with E-state index in [0.717, 1.165) is 11.1 Å². The average molecular weight is 369 g/mol. The predicted molar refractivity (Wildman–Crippen MR) is 104 cm³/mol. The molecule has 0 aliphatic carbocycles. The van der Waals surface area contributed by atoms with Crippen LogP contribution in [0.2, 0.25) is 0 Å². The van der Waals surface area contributed by atoms with Gasteiger partial charge in [0.1, 0.15) is 18.7 Å². The Morgan fingerprint density at radius 3 is 2.07 bits per heavy atom. The molecule has 0 saturated carbocycles. The van der Waals surface area contributed by atoms with Crippen molar-refractivity contribution >= 4 is 11.9 Å². The maximum Gasteiger partial charge on any atom is 0.323 e. The number of benzene rings is 2. The van der Waals surface area contributed by atoms with Crippen LogP contribution in [0.15, 0.2) is 60.7 Å². The lowest BCUT2D eigenvalue weighted by Gasteiger charge is -2.21. The Kier molecular flexibility index (Phi) is 8.52. The van der Waals surface area contributed by atoms with E-state index in [1.165, 1.54) is 0 Å². The van der Waals surface area contributed by atoms with Crippen LogP contribution < -0.4 is 5.32 Å². The zero-order valence-corrected chi connectivity index (χ0v) is 15.9. The van der Waals surface area contributed by atoms with Crippen LogP contribution in [0.1, 0.15) is 31.4 Å². The second-order valence-electron chi connectivity index (χ2n) is 6.31. The van der Waals surface area contributed by atoms with Crippen molar-refractivity contribution in [2.75, 3.05) is 6.61 Å². The Balaban J connectivity index is 1.89. The predicted octanol–water partition coefficient (Wildman–Crippen LogP) is 3.27. The van der Waals surface area contributed by atoms with E-state index in [2.05, 4.69) is 5.32 Å². The monoisotopic (exact) mass is 369 g/mol. The van der Waals surface area contributed by atoms with E-state index in [4.69, 9.17) is 9.47 Å². The molecule has 1 N–H and O–H groups in total. The van der Waals surface area contributed by atoms with Crippen molar-refractivity contribution in [1.82, 2.24) is 5.32 Å². The standard InChI is InChI=1S/C22H27NO4/c1-3-26-22(25)20(15-14-18-10-6-4-7-11-18)23-17(2)21(24)27-16-19-12-8-5-9-13-19/h4-13,17,20,23H,3,14-16H2,1-2H3/t17-,20?/m1/s1. The summed E-state index contributed by atoms with van der Waals surface area (Å²) in [6, 6.07) is 18.2. The first kappa shape index (κ1) is 20.6. The maximum absolute atomic E-state index is 12.3. The van der Waals surface area contributed by atoms with Gasteiger partial charge in [-0.25, -0.2) is 0 Å². The summed E-state index contributed by atoms with van der Waals surface area (Å²) in [6.45, 7) is 3.97. The highest BCUT2D eigenvalue weighted by molar-refractivity contribution is 5.79. The van der Waals surface area contributed by atoms with Crippen LogP contribution in [0.4, 0.5) is 0 Å². The molecule has 2 aromatic rings. The number of carbonyl (C=O) groups excluding carboxylic acids is 2. The Hall–Kier alpha value is -2.66. The second-order valence-corrected chi connectivity index (χ2v) is 6.31. The van der Waals surface area contributed by atoms with Crippen LogP contribution in [0.3, 0.4) is 0 Å². The van der Waals surface area contributed by atoms with Gasteiger partial charge in [0.2, 0.25) is 0 Å². The highest BCUT2D eigenvalue weighted by atomic mass is 16.5. The summed E-state index contributed by atoms with van der Waals surface area (Å²) in [5.74, 6) is -0.746. The van der Waals surface area contributed by atoms with E-state index < -0.39 is 18.1 Å². The van der Waals surface area contributed by atoms with Crippen molar-refractivity contribution in [3.05, 3.63) is 71.8 Å². The van der Waals surface area contributed by atoms with Gasteiger partial charge in [0.25, 0.3) is 0 Å². The van der Waals surface area contributed by atoms with Crippen LogP contribution in [0, 0.1) is 0 Å². The molecule has 0 aromatic heterocycles. The summed E-state index contributed by atoms with van der Waals surface area (Å²) in [7, 11) is 0. The third-order valence-electron chi connectivity index (χ3n) is 4.16. The summed E-state index contributed by atoms with van der Waals surface area (Å²) in [4.78, 5) is 24.5. The Morgan fingerprint density at radius 2 is 1.48 bits per heavy atom. The molecular weight excluding hydrogens is 342 g/mol. The van der Waals surface area contributed by atoms with Crippen molar-refractivity contribution in [2.45, 2.75) is 45.4 Å². The zero-order valence-electron chi connectivity index (χ0n) is 15.9. The van der Waals surface area contributed by atoms with Gasteiger partial charge in [0, 0.05) is 0 Å². The molecule has 0 aliphatic rings. The summed E-state index contributed by atoms with van der Waals surface area (Å²) in [5, 5.41) is 3.06. The Bertz CT molecular complexity index is 703. The molecule has 0 aliphatic heterocycles. The SMILES string of the molecule is CCOC(=O)C(CCc1ccccc1)N[C@H](C)C(=O)OCc1ccccc1. The Labute approximate surface area is 160 Å². The molecule has 5 heteroatoms. The van der Waals surface area contributed by atoms with Gasteiger partial charge in [-0.3, -0.25) is 14.9 Å². The van der Waals surface area contributed by atoms with Crippen molar-refractivity contribution in [3.63, 3.8) is 0 Å². The summed E-state index contributed by atoms with van der Waals surface area (Å²) in [6.07, 6.45) is 1.25. The molecule has 144 valence electrons. The van der Waals surface area contributed by atoms with Crippen molar-refractivity contribution in [1.29, 1.82) is 0 Å². The summed E-state index contributed by atoms with van der Waals surface area (Å²) < 4.78 is 10.5. The van der Waals surface area contributed by atoms with E-state index in [-0.39, 0.29) is 12.6 Å². The molecule has 0 spiro atoms. The molecule has 2 atom stereocenters. The highest BCUT2D eigenvalue weighted by Crippen LogP contribution is 2.08. The molecule has 0 fully saturated rings. The van der Waals surface area contributed by atoms with E-state index in [0.29, 0.717) is 19.4 Å². The van der Waals surface area contributed by atoms with Gasteiger partial charge in [0.15, 0.2) is 0 Å². The number of ether oxygens (including phenoxy) is 2. The molecule has 2 aromatic carbocycles. The third kappa shape index (κ3) is 7.23.